The number of para-hydroxylation sites is 2. The van der Waals surface area contributed by atoms with E-state index in [1.807, 2.05) is 84.6 Å². The summed E-state index contributed by atoms with van der Waals surface area (Å²) in [5.74, 6) is -0.756. The summed E-state index contributed by atoms with van der Waals surface area (Å²) in [6.07, 6.45) is 3.88. The van der Waals surface area contributed by atoms with E-state index in [0.29, 0.717) is 33.8 Å². The fourth-order valence-electron chi connectivity index (χ4n) is 7.31. The molecule has 1 fully saturated rings. The Morgan fingerprint density at radius 2 is 1.45 bits per heavy atom. The molecule has 3 aliphatic rings. The second-order valence-corrected chi connectivity index (χ2v) is 11.1. The van der Waals surface area contributed by atoms with Gasteiger partial charge in [0, 0.05) is 33.9 Å². The Morgan fingerprint density at radius 3 is 2.12 bits per heavy atom. The van der Waals surface area contributed by atoms with Crippen molar-refractivity contribution in [3.8, 4) is 11.5 Å². The molecule has 6 nitrogen and oxygen atoms in total. The Morgan fingerprint density at radius 1 is 0.786 bits per heavy atom. The van der Waals surface area contributed by atoms with Crippen molar-refractivity contribution in [2.45, 2.75) is 24.9 Å². The number of ketones is 3. The normalized spacial score (nSPS) is 21.2. The molecular formula is C36H29NO5. The number of carbonyl (C=O) groups excluding carboxylic acids is 3. The second kappa shape index (κ2) is 9.55. The van der Waals surface area contributed by atoms with Crippen molar-refractivity contribution in [2.24, 2.45) is 5.41 Å². The third-order valence-corrected chi connectivity index (χ3v) is 9.09. The lowest BCUT2D eigenvalue weighted by molar-refractivity contribution is 0.0664. The van der Waals surface area contributed by atoms with E-state index in [9.17, 15) is 14.4 Å². The van der Waals surface area contributed by atoms with Gasteiger partial charge in [-0.05, 0) is 24.6 Å². The van der Waals surface area contributed by atoms with Crippen molar-refractivity contribution < 1.29 is 23.9 Å². The van der Waals surface area contributed by atoms with Gasteiger partial charge in [-0.3, -0.25) is 14.4 Å². The summed E-state index contributed by atoms with van der Waals surface area (Å²) in [4.78, 5) is 46.5. The first-order valence-electron chi connectivity index (χ1n) is 14.0. The molecule has 1 aliphatic carbocycles. The molecule has 2 heterocycles. The highest BCUT2D eigenvalue weighted by Crippen LogP contribution is 2.62. The molecule has 1 saturated heterocycles. The molecular weight excluding hydrogens is 526 g/mol. The van der Waals surface area contributed by atoms with E-state index in [2.05, 4.69) is 0 Å². The molecule has 0 N–H and O–H groups in total. The van der Waals surface area contributed by atoms with E-state index in [4.69, 9.17) is 9.47 Å². The van der Waals surface area contributed by atoms with Gasteiger partial charge in [0.25, 0.3) is 0 Å². The van der Waals surface area contributed by atoms with Crippen LogP contribution in [0.15, 0.2) is 97.1 Å². The maximum atomic E-state index is 14.8. The molecule has 208 valence electrons. The molecule has 1 spiro atoms. The summed E-state index contributed by atoms with van der Waals surface area (Å²) in [5, 5.41) is 0. The summed E-state index contributed by atoms with van der Waals surface area (Å²) in [5.41, 5.74) is 2.98. The van der Waals surface area contributed by atoms with Crippen LogP contribution in [0.3, 0.4) is 0 Å². The number of carbonyl (C=O) groups is 3. The molecule has 0 saturated carbocycles. The van der Waals surface area contributed by atoms with Gasteiger partial charge in [0.2, 0.25) is 0 Å². The molecule has 0 unspecified atom stereocenters. The van der Waals surface area contributed by atoms with Gasteiger partial charge in [-0.15, -0.1) is 0 Å². The third-order valence-electron chi connectivity index (χ3n) is 9.09. The number of fused-ring (bicyclic) bond motifs is 5. The molecule has 0 bridgehead atoms. The lowest BCUT2D eigenvalue weighted by Crippen LogP contribution is -2.48. The van der Waals surface area contributed by atoms with Gasteiger partial charge in [-0.1, -0.05) is 96.6 Å². The van der Waals surface area contributed by atoms with Crippen molar-refractivity contribution >= 4 is 29.1 Å². The largest absolute Gasteiger partial charge is 0.493 e. The smallest absolute Gasteiger partial charge is 0.185 e. The topological polar surface area (TPSA) is 72.9 Å². The quantitative estimate of drug-likeness (QED) is 0.212. The SMILES string of the molecule is COc1cccc([C@@H]2[C@H](C(=O)c3ccc(C)cc3)N3c4ccccc4C=C[C@@H]3C23C(=O)c2ccccc2C3=O)c1OC. The minimum absolute atomic E-state index is 0.173. The van der Waals surface area contributed by atoms with Crippen molar-refractivity contribution in [2.75, 3.05) is 19.1 Å². The number of methoxy groups -OCH3 is 2. The lowest BCUT2D eigenvalue weighted by atomic mass is 9.64. The minimum Gasteiger partial charge on any atom is -0.493 e. The van der Waals surface area contributed by atoms with Gasteiger partial charge in [-0.25, -0.2) is 0 Å². The number of nitrogens with zero attached hydrogens (tertiary/aromatic N) is 1. The molecule has 2 aliphatic heterocycles. The summed E-state index contributed by atoms with van der Waals surface area (Å²) in [6, 6.07) is 26.0. The number of Topliss-reactive ketones (excluding diaryl/α,β-unsaturated/α-hetero) is 3. The van der Waals surface area contributed by atoms with E-state index in [0.717, 1.165) is 16.8 Å². The fraction of sp³-hybridized carbons (Fsp3) is 0.194. The van der Waals surface area contributed by atoms with Crippen LogP contribution < -0.4 is 14.4 Å². The van der Waals surface area contributed by atoms with Crippen LogP contribution in [0.25, 0.3) is 6.08 Å². The summed E-state index contributed by atoms with van der Waals surface area (Å²) >= 11 is 0. The highest BCUT2D eigenvalue weighted by atomic mass is 16.5. The Balaban J connectivity index is 1.58. The van der Waals surface area contributed by atoms with Crippen LogP contribution in [0, 0.1) is 12.3 Å². The minimum atomic E-state index is -1.61. The number of ether oxygens (including phenoxy) is 2. The Bertz CT molecular complexity index is 1770. The van der Waals surface area contributed by atoms with E-state index in [1.54, 1.807) is 37.4 Å². The van der Waals surface area contributed by atoms with Crippen molar-refractivity contribution in [3.05, 3.63) is 130 Å². The first-order chi connectivity index (χ1) is 20.4. The number of anilines is 1. The molecule has 0 radical (unpaired) electrons. The summed E-state index contributed by atoms with van der Waals surface area (Å²) in [7, 11) is 3.08. The monoisotopic (exact) mass is 555 g/mol. The molecule has 42 heavy (non-hydrogen) atoms. The fourth-order valence-corrected chi connectivity index (χ4v) is 7.31. The Hall–Kier alpha value is -4.97. The van der Waals surface area contributed by atoms with Crippen LogP contribution >= 0.6 is 0 Å². The summed E-state index contributed by atoms with van der Waals surface area (Å²) in [6.45, 7) is 1.97. The molecule has 0 aromatic heterocycles. The average Bonchev–Trinajstić information content (AvgIpc) is 3.46. The zero-order valence-electron chi connectivity index (χ0n) is 23.5. The van der Waals surface area contributed by atoms with Crippen LogP contribution in [0.4, 0.5) is 5.69 Å². The van der Waals surface area contributed by atoms with Gasteiger partial charge in [0.05, 0.1) is 20.3 Å². The van der Waals surface area contributed by atoms with E-state index >= 15 is 0 Å². The predicted molar refractivity (Wildman–Crippen MR) is 161 cm³/mol. The van der Waals surface area contributed by atoms with Gasteiger partial charge in [-0.2, -0.15) is 0 Å². The first kappa shape index (κ1) is 26.0. The third kappa shape index (κ3) is 3.35. The van der Waals surface area contributed by atoms with Crippen LogP contribution in [0.2, 0.25) is 0 Å². The standard InChI is InChI=1S/C36H29NO5/c1-21-15-17-23(18-16-21)32(38)31-30(26-12-8-14-28(41-2)33(26)42-3)36(34(39)24-10-5-6-11-25(24)35(36)40)29-20-19-22-9-4-7-13-27(22)37(29)31/h4-20,29-31H,1-3H3/t29-,30-,31-/m1/s1. The average molecular weight is 556 g/mol. The predicted octanol–water partition coefficient (Wildman–Crippen LogP) is 6.33. The number of hydrogen-bond acceptors (Lipinski definition) is 6. The van der Waals surface area contributed by atoms with Gasteiger partial charge >= 0.3 is 0 Å². The molecule has 6 heteroatoms. The van der Waals surface area contributed by atoms with E-state index in [1.165, 1.54) is 7.11 Å². The molecule has 4 aromatic rings. The zero-order valence-corrected chi connectivity index (χ0v) is 23.5. The highest BCUT2D eigenvalue weighted by molar-refractivity contribution is 6.32. The van der Waals surface area contributed by atoms with Gasteiger partial charge < -0.3 is 14.4 Å². The van der Waals surface area contributed by atoms with E-state index in [-0.39, 0.29) is 17.3 Å². The number of rotatable bonds is 5. The van der Waals surface area contributed by atoms with Crippen molar-refractivity contribution in [3.63, 3.8) is 0 Å². The number of aryl methyl sites for hydroxylation is 1. The van der Waals surface area contributed by atoms with Crippen LogP contribution in [0.1, 0.15) is 53.7 Å². The molecule has 7 rings (SSSR count). The second-order valence-electron chi connectivity index (χ2n) is 11.1. The number of hydrogen-bond donors (Lipinski definition) is 0. The molecule has 3 atom stereocenters. The zero-order chi connectivity index (χ0) is 29.2. The molecule has 4 aromatic carbocycles. The molecule has 0 amide bonds. The van der Waals surface area contributed by atoms with Crippen molar-refractivity contribution in [1.82, 2.24) is 0 Å². The summed E-state index contributed by atoms with van der Waals surface area (Å²) < 4.78 is 11.6. The Kier molecular flexibility index (Phi) is 5.91. The van der Waals surface area contributed by atoms with Crippen LogP contribution in [-0.2, 0) is 0 Å². The van der Waals surface area contributed by atoms with Crippen LogP contribution in [0.5, 0.6) is 11.5 Å². The maximum Gasteiger partial charge on any atom is 0.185 e. The lowest BCUT2D eigenvalue weighted by Gasteiger charge is -2.37. The number of benzene rings is 4. The first-order valence-corrected chi connectivity index (χ1v) is 14.0. The Labute approximate surface area is 244 Å². The van der Waals surface area contributed by atoms with Crippen LogP contribution in [-0.4, -0.2) is 43.7 Å². The maximum absolute atomic E-state index is 14.8. The highest BCUT2D eigenvalue weighted by Gasteiger charge is 2.72. The van der Waals surface area contributed by atoms with Gasteiger partial charge in [0.1, 0.15) is 11.5 Å². The van der Waals surface area contributed by atoms with E-state index < -0.39 is 23.4 Å². The van der Waals surface area contributed by atoms with Crippen molar-refractivity contribution in [1.29, 1.82) is 0 Å². The van der Waals surface area contributed by atoms with Gasteiger partial charge in [0.15, 0.2) is 28.8 Å².